The van der Waals surface area contributed by atoms with Crippen molar-refractivity contribution in [2.45, 2.75) is 45.1 Å². The van der Waals surface area contributed by atoms with Crippen LogP contribution in [0.25, 0.3) is 10.2 Å². The molecule has 11 nitrogen and oxygen atoms in total. The molecule has 1 fully saturated rings. The molecule has 1 aromatic carbocycles. The van der Waals surface area contributed by atoms with Gasteiger partial charge in [-0.05, 0) is 43.5 Å². The molecule has 0 saturated carbocycles. The molecule has 0 radical (unpaired) electrons. The largest absolute Gasteiger partial charge is 0.338 e. The Labute approximate surface area is 243 Å². The monoisotopic (exact) mass is 595 g/mol. The quantitative estimate of drug-likeness (QED) is 0.290. The summed E-state index contributed by atoms with van der Waals surface area (Å²) in [6, 6.07) is 9.53. The molecular formula is C28H33N7O4S2. The molecular weight excluding hydrogens is 562 g/mol. The van der Waals surface area contributed by atoms with Crippen LogP contribution in [-0.4, -0.2) is 70.9 Å². The second-order valence-electron chi connectivity index (χ2n) is 9.85. The predicted molar refractivity (Wildman–Crippen MR) is 160 cm³/mol. The van der Waals surface area contributed by atoms with E-state index in [2.05, 4.69) is 21.9 Å². The van der Waals surface area contributed by atoms with Gasteiger partial charge in [-0.3, -0.25) is 14.2 Å². The topological polar surface area (TPSA) is 122 Å². The van der Waals surface area contributed by atoms with E-state index in [1.54, 1.807) is 30.3 Å². The van der Waals surface area contributed by atoms with E-state index >= 15 is 0 Å². The lowest BCUT2D eigenvalue weighted by molar-refractivity contribution is -0.119. The van der Waals surface area contributed by atoms with Crippen molar-refractivity contribution in [1.82, 2.24) is 23.8 Å². The van der Waals surface area contributed by atoms with E-state index in [0.717, 1.165) is 18.5 Å². The van der Waals surface area contributed by atoms with Gasteiger partial charge in [-0.2, -0.15) is 4.31 Å². The first-order chi connectivity index (χ1) is 19.7. The lowest BCUT2D eigenvalue weighted by atomic mass is 10.1. The maximum Gasteiger partial charge on any atom is 0.263 e. The highest BCUT2D eigenvalue weighted by Gasteiger charge is 2.34. The van der Waals surface area contributed by atoms with Crippen LogP contribution in [0.2, 0.25) is 0 Å². The van der Waals surface area contributed by atoms with Gasteiger partial charge in [0, 0.05) is 55.7 Å². The Morgan fingerprint density at radius 3 is 2.34 bits per heavy atom. The van der Waals surface area contributed by atoms with Gasteiger partial charge >= 0.3 is 0 Å². The van der Waals surface area contributed by atoms with E-state index in [4.69, 9.17) is 0 Å². The average molecular weight is 596 g/mol. The zero-order valence-corrected chi connectivity index (χ0v) is 25.0. The first-order valence-electron chi connectivity index (χ1n) is 13.6. The van der Waals surface area contributed by atoms with Crippen molar-refractivity contribution in [1.29, 1.82) is 0 Å². The fourth-order valence-corrected chi connectivity index (χ4v) is 8.10. The molecule has 4 aromatic rings. The number of thiophene rings is 1. The van der Waals surface area contributed by atoms with E-state index in [9.17, 15) is 18.0 Å². The summed E-state index contributed by atoms with van der Waals surface area (Å²) in [7, 11) is -4.00. The normalized spacial score (nSPS) is 14.5. The molecule has 4 heterocycles. The van der Waals surface area contributed by atoms with Gasteiger partial charge in [0.05, 0.1) is 11.7 Å². The van der Waals surface area contributed by atoms with Gasteiger partial charge in [0.1, 0.15) is 16.3 Å². The zero-order valence-electron chi connectivity index (χ0n) is 23.4. The van der Waals surface area contributed by atoms with Crippen molar-refractivity contribution < 1.29 is 13.2 Å². The summed E-state index contributed by atoms with van der Waals surface area (Å²) >= 11 is 1.17. The van der Waals surface area contributed by atoms with Crippen LogP contribution in [-0.2, 0) is 27.8 Å². The Morgan fingerprint density at radius 1 is 1.02 bits per heavy atom. The van der Waals surface area contributed by atoms with Crippen LogP contribution in [0.5, 0.6) is 0 Å². The molecule has 13 heteroatoms. The second kappa shape index (κ2) is 12.0. The van der Waals surface area contributed by atoms with Crippen LogP contribution < -0.4 is 15.4 Å². The van der Waals surface area contributed by atoms with Crippen LogP contribution >= 0.6 is 11.3 Å². The molecule has 0 N–H and O–H groups in total. The average Bonchev–Trinajstić information content (AvgIpc) is 3.35. The minimum atomic E-state index is -4.00. The van der Waals surface area contributed by atoms with E-state index in [-0.39, 0.29) is 35.8 Å². The van der Waals surface area contributed by atoms with Crippen LogP contribution in [0.1, 0.15) is 30.7 Å². The third-order valence-electron chi connectivity index (χ3n) is 7.18. The third-order valence-corrected chi connectivity index (χ3v) is 10.4. The maximum atomic E-state index is 13.9. The molecule has 1 aliphatic rings. The number of aromatic nitrogens is 4. The highest BCUT2D eigenvalue weighted by atomic mass is 32.2. The lowest BCUT2D eigenvalue weighted by Gasteiger charge is -2.33. The molecule has 1 saturated heterocycles. The Bertz CT molecular complexity index is 1700. The standard InChI is InChI=1S/C28H33N7O4S2/c1-4-13-35(22-9-7-21(5-2)8-10-22)23(36)18-33-19-31-26-24(27(33)37)25(20(3)40-26)41(38,39)34-16-14-32(15-17-34)28-29-11-6-12-30-28/h6-12,19H,4-5,13-18H2,1-3H3. The number of amides is 1. The number of hydrogen-bond donors (Lipinski definition) is 0. The first-order valence-corrected chi connectivity index (χ1v) is 15.9. The van der Waals surface area contributed by atoms with Gasteiger partial charge in [0.2, 0.25) is 21.9 Å². The number of fused-ring (bicyclic) bond motifs is 1. The van der Waals surface area contributed by atoms with Gasteiger partial charge in [-0.25, -0.2) is 23.4 Å². The number of carbonyl (C=O) groups excluding carboxylic acids is 1. The molecule has 0 aliphatic carbocycles. The molecule has 5 rings (SSSR count). The number of benzene rings is 1. The van der Waals surface area contributed by atoms with Gasteiger partial charge in [0.25, 0.3) is 5.56 Å². The van der Waals surface area contributed by atoms with Crippen LogP contribution in [0.4, 0.5) is 11.6 Å². The van der Waals surface area contributed by atoms with Gasteiger partial charge in [-0.1, -0.05) is 26.0 Å². The predicted octanol–water partition coefficient (Wildman–Crippen LogP) is 3.07. The smallest absolute Gasteiger partial charge is 0.263 e. The maximum absolute atomic E-state index is 13.9. The summed E-state index contributed by atoms with van der Waals surface area (Å²) in [6.45, 7) is 7.29. The van der Waals surface area contributed by atoms with E-state index in [1.807, 2.05) is 36.1 Å². The number of carbonyl (C=O) groups is 1. The highest BCUT2D eigenvalue weighted by Crippen LogP contribution is 2.33. The number of piperazine rings is 1. The lowest BCUT2D eigenvalue weighted by Crippen LogP contribution is -2.49. The minimum absolute atomic E-state index is 0.0261. The number of sulfonamides is 1. The van der Waals surface area contributed by atoms with Crippen LogP contribution in [0.15, 0.2) is 58.7 Å². The van der Waals surface area contributed by atoms with Gasteiger partial charge < -0.3 is 9.80 Å². The van der Waals surface area contributed by atoms with Crippen molar-refractivity contribution >= 4 is 49.1 Å². The Hall–Kier alpha value is -3.68. The second-order valence-corrected chi connectivity index (χ2v) is 12.9. The summed E-state index contributed by atoms with van der Waals surface area (Å²) in [6.07, 6.45) is 6.27. The van der Waals surface area contributed by atoms with Crippen LogP contribution in [0.3, 0.4) is 0 Å². The molecule has 216 valence electrons. The third kappa shape index (κ3) is 5.74. The summed E-state index contributed by atoms with van der Waals surface area (Å²) < 4.78 is 30.4. The summed E-state index contributed by atoms with van der Waals surface area (Å²) in [5.41, 5.74) is 1.38. The van der Waals surface area contributed by atoms with Crippen molar-refractivity contribution in [3.8, 4) is 0 Å². The van der Waals surface area contributed by atoms with Crippen molar-refractivity contribution in [2.75, 3.05) is 42.5 Å². The van der Waals surface area contributed by atoms with E-state index in [0.29, 0.717) is 35.3 Å². The van der Waals surface area contributed by atoms with Crippen LogP contribution in [0, 0.1) is 6.92 Å². The Balaban J connectivity index is 1.42. The van der Waals surface area contributed by atoms with Crippen molar-refractivity contribution in [2.24, 2.45) is 0 Å². The van der Waals surface area contributed by atoms with Gasteiger partial charge in [-0.15, -0.1) is 11.3 Å². The SMILES string of the molecule is CCCN(C(=O)Cn1cnc2sc(C)c(S(=O)(=O)N3CCN(c4ncccn4)CC3)c2c1=O)c1ccc(CC)cc1. The highest BCUT2D eigenvalue weighted by molar-refractivity contribution is 7.89. The van der Waals surface area contributed by atoms with E-state index < -0.39 is 15.6 Å². The van der Waals surface area contributed by atoms with Gasteiger partial charge in [0.15, 0.2) is 0 Å². The summed E-state index contributed by atoms with van der Waals surface area (Å²) in [5, 5.41) is 0.0333. The fourth-order valence-electron chi connectivity index (χ4n) is 5.01. The number of hydrogen-bond acceptors (Lipinski definition) is 9. The Kier molecular flexibility index (Phi) is 8.47. The minimum Gasteiger partial charge on any atom is -0.338 e. The number of aryl methyl sites for hydroxylation is 2. The Morgan fingerprint density at radius 2 is 1.71 bits per heavy atom. The molecule has 0 bridgehead atoms. The number of nitrogens with zero attached hydrogens (tertiary/aromatic N) is 7. The molecule has 0 unspecified atom stereocenters. The van der Waals surface area contributed by atoms with Crippen molar-refractivity contribution in [3.63, 3.8) is 0 Å². The number of rotatable bonds is 9. The molecule has 0 spiro atoms. The molecule has 1 amide bonds. The van der Waals surface area contributed by atoms with E-state index in [1.165, 1.54) is 32.1 Å². The molecule has 41 heavy (non-hydrogen) atoms. The zero-order chi connectivity index (χ0) is 29.1. The number of anilines is 2. The summed E-state index contributed by atoms with van der Waals surface area (Å²) in [4.78, 5) is 44.4. The summed E-state index contributed by atoms with van der Waals surface area (Å²) in [5.74, 6) is 0.284. The molecule has 0 atom stereocenters. The first kappa shape index (κ1) is 28.8. The molecule has 1 aliphatic heterocycles. The fraction of sp³-hybridized carbons (Fsp3) is 0.393. The van der Waals surface area contributed by atoms with Crippen molar-refractivity contribution in [3.05, 3.63) is 69.8 Å². The molecule has 3 aromatic heterocycles.